The summed E-state index contributed by atoms with van der Waals surface area (Å²) in [6.45, 7) is 2.01. The summed E-state index contributed by atoms with van der Waals surface area (Å²) in [6, 6.07) is 10.7. The van der Waals surface area contributed by atoms with Crippen molar-refractivity contribution >= 4 is 0 Å². The third-order valence-electron chi connectivity index (χ3n) is 4.13. The van der Waals surface area contributed by atoms with Crippen molar-refractivity contribution in [1.29, 1.82) is 0 Å². The van der Waals surface area contributed by atoms with Gasteiger partial charge in [-0.3, -0.25) is 4.90 Å². The van der Waals surface area contributed by atoms with Crippen LogP contribution in [0, 0.1) is 0 Å². The molecule has 0 radical (unpaired) electrons. The standard InChI is InChI=1S/C17H21N3O/c1-21-17-8-3-2-6-14(17)12-20-11-5-4-7-16(20)15-9-10-18-13-19-15/h2-3,6,8-10,13,16H,4-5,7,11-12H2,1H3/t16-/m0/s1. The predicted octanol–water partition coefficient (Wildman–Crippen LogP) is 3.21. The summed E-state index contributed by atoms with van der Waals surface area (Å²) >= 11 is 0. The van der Waals surface area contributed by atoms with Crippen LogP contribution in [0.15, 0.2) is 42.9 Å². The molecule has 0 amide bonds. The largest absolute Gasteiger partial charge is 0.496 e. The molecule has 0 aliphatic carbocycles. The monoisotopic (exact) mass is 283 g/mol. The van der Waals surface area contributed by atoms with Gasteiger partial charge in [-0.25, -0.2) is 9.97 Å². The molecule has 0 N–H and O–H groups in total. The second-order valence-electron chi connectivity index (χ2n) is 5.43. The molecule has 3 rings (SSSR count). The number of hydrogen-bond acceptors (Lipinski definition) is 4. The Kier molecular flexibility index (Phi) is 4.46. The average molecular weight is 283 g/mol. The van der Waals surface area contributed by atoms with Gasteiger partial charge in [0, 0.05) is 18.3 Å². The number of ether oxygens (including phenoxy) is 1. The minimum Gasteiger partial charge on any atom is -0.496 e. The van der Waals surface area contributed by atoms with E-state index in [0.717, 1.165) is 31.0 Å². The molecule has 2 aromatic rings. The van der Waals surface area contributed by atoms with Crippen LogP contribution in [-0.4, -0.2) is 28.5 Å². The molecule has 110 valence electrons. The minimum absolute atomic E-state index is 0.381. The Bertz CT molecular complexity index is 573. The van der Waals surface area contributed by atoms with Gasteiger partial charge in [0.15, 0.2) is 0 Å². The van der Waals surface area contributed by atoms with E-state index >= 15 is 0 Å². The van der Waals surface area contributed by atoms with Gasteiger partial charge in [0.2, 0.25) is 0 Å². The summed E-state index contributed by atoms with van der Waals surface area (Å²) in [5.74, 6) is 0.963. The highest BCUT2D eigenvalue weighted by molar-refractivity contribution is 5.33. The van der Waals surface area contributed by atoms with E-state index in [0.29, 0.717) is 6.04 Å². The average Bonchev–Trinajstić information content (AvgIpc) is 2.57. The van der Waals surface area contributed by atoms with Crippen LogP contribution in [0.1, 0.15) is 36.6 Å². The molecule has 1 atom stereocenters. The van der Waals surface area contributed by atoms with Gasteiger partial charge in [-0.15, -0.1) is 0 Å². The highest BCUT2D eigenvalue weighted by Gasteiger charge is 2.25. The SMILES string of the molecule is COc1ccccc1CN1CCCC[C@H]1c1ccncn1. The maximum atomic E-state index is 5.48. The maximum absolute atomic E-state index is 5.48. The Morgan fingerprint density at radius 3 is 2.95 bits per heavy atom. The second-order valence-corrected chi connectivity index (χ2v) is 5.43. The molecule has 0 spiro atoms. The number of likely N-dealkylation sites (tertiary alicyclic amines) is 1. The van der Waals surface area contributed by atoms with Crippen molar-refractivity contribution < 1.29 is 4.74 Å². The molecule has 0 saturated carbocycles. The van der Waals surface area contributed by atoms with Crippen LogP contribution in [0.5, 0.6) is 5.75 Å². The maximum Gasteiger partial charge on any atom is 0.123 e. The minimum atomic E-state index is 0.381. The highest BCUT2D eigenvalue weighted by atomic mass is 16.5. The summed E-state index contributed by atoms with van der Waals surface area (Å²) in [5, 5.41) is 0. The molecule has 1 saturated heterocycles. The zero-order valence-corrected chi connectivity index (χ0v) is 12.4. The first kappa shape index (κ1) is 14.0. The lowest BCUT2D eigenvalue weighted by atomic mass is 9.98. The molecule has 21 heavy (non-hydrogen) atoms. The van der Waals surface area contributed by atoms with E-state index in [2.05, 4.69) is 27.0 Å². The first-order valence-corrected chi connectivity index (χ1v) is 7.50. The molecule has 1 aliphatic rings. The second kappa shape index (κ2) is 6.68. The topological polar surface area (TPSA) is 38.2 Å². The summed E-state index contributed by atoms with van der Waals surface area (Å²) in [5.41, 5.74) is 2.36. The van der Waals surface area contributed by atoms with E-state index in [9.17, 15) is 0 Å². The third kappa shape index (κ3) is 3.22. The van der Waals surface area contributed by atoms with Crippen molar-refractivity contribution in [3.63, 3.8) is 0 Å². The van der Waals surface area contributed by atoms with E-state index in [1.54, 1.807) is 13.4 Å². The molecular formula is C17H21N3O. The third-order valence-corrected chi connectivity index (χ3v) is 4.13. The van der Waals surface area contributed by atoms with Gasteiger partial charge in [-0.05, 0) is 31.5 Å². The Hall–Kier alpha value is -1.94. The van der Waals surface area contributed by atoms with Gasteiger partial charge < -0.3 is 4.74 Å². The zero-order valence-electron chi connectivity index (χ0n) is 12.4. The van der Waals surface area contributed by atoms with Crippen LogP contribution >= 0.6 is 0 Å². The summed E-state index contributed by atoms with van der Waals surface area (Å²) in [6.07, 6.45) is 7.14. The van der Waals surface area contributed by atoms with Crippen LogP contribution in [0.4, 0.5) is 0 Å². The van der Waals surface area contributed by atoms with Crippen LogP contribution < -0.4 is 4.74 Å². The van der Waals surface area contributed by atoms with E-state index in [-0.39, 0.29) is 0 Å². The molecule has 0 bridgehead atoms. The fourth-order valence-electron chi connectivity index (χ4n) is 3.07. The lowest BCUT2D eigenvalue weighted by molar-refractivity contribution is 0.136. The van der Waals surface area contributed by atoms with Gasteiger partial charge in [0.1, 0.15) is 12.1 Å². The molecule has 1 aliphatic heterocycles. The van der Waals surface area contributed by atoms with Crippen molar-refractivity contribution in [3.05, 3.63) is 54.1 Å². The van der Waals surface area contributed by atoms with E-state index < -0.39 is 0 Å². The Morgan fingerprint density at radius 1 is 1.24 bits per heavy atom. The number of nitrogens with zero attached hydrogens (tertiary/aromatic N) is 3. The first-order valence-electron chi connectivity index (χ1n) is 7.50. The molecule has 0 unspecified atom stereocenters. The molecule has 4 nitrogen and oxygen atoms in total. The number of para-hydroxylation sites is 1. The lowest BCUT2D eigenvalue weighted by Gasteiger charge is -2.35. The van der Waals surface area contributed by atoms with Crippen molar-refractivity contribution in [2.45, 2.75) is 31.8 Å². The Balaban J connectivity index is 1.82. The van der Waals surface area contributed by atoms with Crippen LogP contribution in [0.3, 0.4) is 0 Å². The highest BCUT2D eigenvalue weighted by Crippen LogP contribution is 2.32. The number of aromatic nitrogens is 2. The fraction of sp³-hybridized carbons (Fsp3) is 0.412. The normalized spacial score (nSPS) is 19.4. The predicted molar refractivity (Wildman–Crippen MR) is 82.0 cm³/mol. The molecule has 1 aromatic heterocycles. The van der Waals surface area contributed by atoms with Gasteiger partial charge in [0.05, 0.1) is 18.8 Å². The number of rotatable bonds is 4. The van der Waals surface area contributed by atoms with Crippen LogP contribution in [0.25, 0.3) is 0 Å². The summed E-state index contributed by atoms with van der Waals surface area (Å²) in [4.78, 5) is 11.0. The Labute approximate surface area is 125 Å². The molecule has 1 fully saturated rings. The number of hydrogen-bond donors (Lipinski definition) is 0. The smallest absolute Gasteiger partial charge is 0.123 e. The number of piperidine rings is 1. The van der Waals surface area contributed by atoms with E-state index in [4.69, 9.17) is 4.74 Å². The van der Waals surface area contributed by atoms with E-state index in [1.807, 2.05) is 24.4 Å². The van der Waals surface area contributed by atoms with Crippen molar-refractivity contribution in [2.75, 3.05) is 13.7 Å². The van der Waals surface area contributed by atoms with E-state index in [1.165, 1.54) is 18.4 Å². The number of benzene rings is 1. The molecule has 1 aromatic carbocycles. The summed E-state index contributed by atoms with van der Waals surface area (Å²) < 4.78 is 5.48. The summed E-state index contributed by atoms with van der Waals surface area (Å²) in [7, 11) is 1.73. The Morgan fingerprint density at radius 2 is 2.14 bits per heavy atom. The molecule has 2 heterocycles. The van der Waals surface area contributed by atoms with Gasteiger partial charge >= 0.3 is 0 Å². The first-order chi connectivity index (χ1) is 10.4. The van der Waals surface area contributed by atoms with Gasteiger partial charge in [-0.2, -0.15) is 0 Å². The quantitative estimate of drug-likeness (QED) is 0.863. The van der Waals surface area contributed by atoms with Crippen molar-refractivity contribution in [1.82, 2.24) is 14.9 Å². The lowest BCUT2D eigenvalue weighted by Crippen LogP contribution is -2.33. The van der Waals surface area contributed by atoms with Crippen LogP contribution in [0.2, 0.25) is 0 Å². The number of methoxy groups -OCH3 is 1. The molecular weight excluding hydrogens is 262 g/mol. The van der Waals surface area contributed by atoms with Gasteiger partial charge in [0.25, 0.3) is 0 Å². The molecule has 4 heteroatoms. The van der Waals surface area contributed by atoms with Crippen molar-refractivity contribution in [3.8, 4) is 5.75 Å². The zero-order chi connectivity index (χ0) is 14.5. The van der Waals surface area contributed by atoms with Crippen LogP contribution in [-0.2, 0) is 6.54 Å². The van der Waals surface area contributed by atoms with Gasteiger partial charge in [-0.1, -0.05) is 24.6 Å². The fourth-order valence-corrected chi connectivity index (χ4v) is 3.07. The van der Waals surface area contributed by atoms with Crippen molar-refractivity contribution in [2.24, 2.45) is 0 Å².